The van der Waals surface area contributed by atoms with E-state index in [1.54, 1.807) is 0 Å². The van der Waals surface area contributed by atoms with E-state index in [9.17, 15) is 9.18 Å². The Morgan fingerprint density at radius 3 is 2.91 bits per heavy atom. The lowest BCUT2D eigenvalue weighted by Crippen LogP contribution is -2.65. The van der Waals surface area contributed by atoms with Crippen LogP contribution >= 0.6 is 0 Å². The Labute approximate surface area is 132 Å². The van der Waals surface area contributed by atoms with Gasteiger partial charge in [0.25, 0.3) is 5.91 Å². The zero-order chi connectivity index (χ0) is 15.6. The Morgan fingerprint density at radius 2 is 2.17 bits per heavy atom. The Balaban J connectivity index is 1.45. The van der Waals surface area contributed by atoms with Crippen molar-refractivity contribution in [3.63, 3.8) is 0 Å². The van der Waals surface area contributed by atoms with Crippen molar-refractivity contribution in [2.45, 2.75) is 37.3 Å². The van der Waals surface area contributed by atoms with Crippen LogP contribution in [0.25, 0.3) is 11.0 Å². The van der Waals surface area contributed by atoms with Gasteiger partial charge < -0.3 is 9.73 Å². The van der Waals surface area contributed by atoms with Crippen LogP contribution in [0.4, 0.5) is 4.39 Å². The van der Waals surface area contributed by atoms with Crippen LogP contribution in [-0.2, 0) is 0 Å². The van der Waals surface area contributed by atoms with E-state index in [0.717, 1.165) is 38.8 Å². The van der Waals surface area contributed by atoms with Crippen molar-refractivity contribution in [3.05, 3.63) is 30.0 Å². The van der Waals surface area contributed by atoms with Gasteiger partial charge >= 0.3 is 0 Å². The number of hydrogen-bond donors (Lipinski definition) is 1. The molecule has 1 aliphatic carbocycles. The Hall–Kier alpha value is -1.95. The van der Waals surface area contributed by atoms with Crippen LogP contribution in [0.15, 0.2) is 22.9 Å². The van der Waals surface area contributed by atoms with Gasteiger partial charge in [-0.05, 0) is 50.8 Å². The van der Waals surface area contributed by atoms with E-state index < -0.39 is 11.7 Å². The fourth-order valence-electron chi connectivity index (χ4n) is 4.60. The Kier molecular flexibility index (Phi) is 2.66. The zero-order valence-corrected chi connectivity index (χ0v) is 12.7. The average Bonchev–Trinajstić information content (AvgIpc) is 3.18. The highest BCUT2D eigenvalue weighted by atomic mass is 19.1. The van der Waals surface area contributed by atoms with Crippen LogP contribution < -0.4 is 5.32 Å². The molecule has 3 aliphatic heterocycles. The first-order valence-corrected chi connectivity index (χ1v) is 8.27. The first-order valence-electron chi connectivity index (χ1n) is 8.27. The molecule has 0 unspecified atom stereocenters. The third-order valence-electron chi connectivity index (χ3n) is 5.93. The van der Waals surface area contributed by atoms with Crippen molar-refractivity contribution in [1.82, 2.24) is 15.2 Å². The van der Waals surface area contributed by atoms with Crippen molar-refractivity contribution in [2.75, 3.05) is 13.1 Å². The highest BCUT2D eigenvalue weighted by Crippen LogP contribution is 2.53. The third kappa shape index (κ3) is 1.81. The number of aromatic nitrogens is 1. The molecule has 0 radical (unpaired) electrons. The molecule has 23 heavy (non-hydrogen) atoms. The fraction of sp³-hybridized carbons (Fsp3) is 0.529. The van der Waals surface area contributed by atoms with Gasteiger partial charge in [0, 0.05) is 5.54 Å². The van der Waals surface area contributed by atoms with Crippen LogP contribution in [0.1, 0.15) is 36.2 Å². The number of rotatable bonds is 2. The molecule has 5 nitrogen and oxygen atoms in total. The van der Waals surface area contributed by atoms with Gasteiger partial charge in [-0.1, -0.05) is 0 Å². The van der Waals surface area contributed by atoms with E-state index in [4.69, 9.17) is 4.42 Å². The monoisotopic (exact) mass is 315 g/mol. The molecule has 1 atom stereocenters. The normalized spacial score (nSPS) is 30.7. The Bertz CT molecular complexity index is 790. The number of fused-ring (bicyclic) bond motifs is 3. The first-order chi connectivity index (χ1) is 11.2. The third-order valence-corrected chi connectivity index (χ3v) is 5.93. The van der Waals surface area contributed by atoms with Gasteiger partial charge in [-0.3, -0.25) is 9.69 Å². The highest BCUT2D eigenvalue weighted by molar-refractivity contribution is 5.96. The van der Waals surface area contributed by atoms with Crippen molar-refractivity contribution >= 4 is 16.9 Å². The summed E-state index contributed by atoms with van der Waals surface area (Å²) in [6, 6.07) is 1.65. The van der Waals surface area contributed by atoms with E-state index in [1.165, 1.54) is 18.5 Å². The molecule has 1 amide bonds. The van der Waals surface area contributed by atoms with Crippen molar-refractivity contribution in [1.29, 1.82) is 0 Å². The van der Waals surface area contributed by atoms with E-state index in [0.29, 0.717) is 16.9 Å². The summed E-state index contributed by atoms with van der Waals surface area (Å²) in [5, 5.41) is 3.41. The summed E-state index contributed by atoms with van der Waals surface area (Å²) in [6.07, 6.45) is 7.31. The minimum absolute atomic E-state index is 0.124. The number of carbonyl (C=O) groups excluding carboxylic acids is 1. The summed E-state index contributed by atoms with van der Waals surface area (Å²) in [6.45, 7) is 2.26. The van der Waals surface area contributed by atoms with E-state index in [-0.39, 0.29) is 17.3 Å². The van der Waals surface area contributed by atoms with E-state index >= 15 is 0 Å². The second-order valence-corrected chi connectivity index (χ2v) is 7.00. The lowest BCUT2D eigenvalue weighted by Gasteiger charge is -2.52. The molecule has 0 aromatic carbocycles. The van der Waals surface area contributed by atoms with Gasteiger partial charge in [0.1, 0.15) is 0 Å². The number of carbonyl (C=O) groups is 1. The molecule has 1 spiro atoms. The number of nitrogens with zero attached hydrogens (tertiary/aromatic N) is 2. The summed E-state index contributed by atoms with van der Waals surface area (Å²) >= 11 is 0. The summed E-state index contributed by atoms with van der Waals surface area (Å²) in [5.41, 5.74) is 0.360. The molecule has 3 saturated heterocycles. The highest BCUT2D eigenvalue weighted by Gasteiger charge is 2.60. The second-order valence-electron chi connectivity index (χ2n) is 7.00. The molecule has 1 saturated carbocycles. The molecule has 5 heterocycles. The molecule has 2 aromatic rings. The molecule has 120 valence electrons. The van der Waals surface area contributed by atoms with Crippen LogP contribution in [0.5, 0.6) is 0 Å². The molecule has 6 rings (SSSR count). The maximum absolute atomic E-state index is 14.5. The number of furan rings is 1. The van der Waals surface area contributed by atoms with Gasteiger partial charge in [-0.15, -0.1) is 0 Å². The molecular weight excluding hydrogens is 297 g/mol. The lowest BCUT2D eigenvalue weighted by atomic mass is 9.77. The predicted octanol–water partition coefficient (Wildman–Crippen LogP) is 2.32. The van der Waals surface area contributed by atoms with Gasteiger partial charge in [-0.25, -0.2) is 9.37 Å². The summed E-state index contributed by atoms with van der Waals surface area (Å²) in [5.74, 6) is -0.498. The van der Waals surface area contributed by atoms with Crippen molar-refractivity contribution in [2.24, 2.45) is 5.92 Å². The topological polar surface area (TPSA) is 58.4 Å². The minimum atomic E-state index is -0.597. The summed E-state index contributed by atoms with van der Waals surface area (Å²) < 4.78 is 19.6. The number of nitrogens with one attached hydrogen (secondary N) is 1. The molecule has 1 N–H and O–H groups in total. The predicted molar refractivity (Wildman–Crippen MR) is 81.5 cm³/mol. The summed E-state index contributed by atoms with van der Waals surface area (Å²) in [4.78, 5) is 19.1. The maximum Gasteiger partial charge on any atom is 0.273 e. The average molecular weight is 315 g/mol. The molecule has 2 bridgehead atoms. The lowest BCUT2D eigenvalue weighted by molar-refractivity contribution is -0.00159. The van der Waals surface area contributed by atoms with E-state index in [1.807, 2.05) is 0 Å². The second kappa shape index (κ2) is 4.54. The number of pyridine rings is 1. The first kappa shape index (κ1) is 13.5. The number of piperidine rings is 3. The van der Waals surface area contributed by atoms with Crippen LogP contribution in [0.3, 0.4) is 0 Å². The quantitative estimate of drug-likeness (QED) is 0.924. The Morgan fingerprint density at radius 1 is 1.39 bits per heavy atom. The van der Waals surface area contributed by atoms with Crippen LogP contribution in [0.2, 0.25) is 0 Å². The molecule has 2 aromatic heterocycles. The zero-order valence-electron chi connectivity index (χ0n) is 12.7. The SMILES string of the molecule is O=C(N[C@@H]1C2CCN(CC2)C12CC2)c1ncc2occc2c1F. The fourth-order valence-corrected chi connectivity index (χ4v) is 4.60. The minimum Gasteiger partial charge on any atom is -0.463 e. The summed E-state index contributed by atoms with van der Waals surface area (Å²) in [7, 11) is 0. The maximum atomic E-state index is 14.5. The van der Waals surface area contributed by atoms with Gasteiger partial charge in [0.05, 0.1) is 23.9 Å². The molecule has 4 aliphatic rings. The number of halogens is 1. The van der Waals surface area contributed by atoms with Gasteiger partial charge in [-0.2, -0.15) is 0 Å². The van der Waals surface area contributed by atoms with E-state index in [2.05, 4.69) is 15.2 Å². The molecule has 4 fully saturated rings. The standard InChI is InChI=1S/C17H18FN3O2/c18-13-11-3-8-23-12(11)9-19-14(13)16(22)20-15-10-1-6-21(7-2-10)17(15)4-5-17/h3,8-10,15H,1-2,4-7H2,(H,20,22)/t15-/m1/s1. The van der Waals surface area contributed by atoms with Gasteiger partial charge in [0.15, 0.2) is 17.1 Å². The smallest absolute Gasteiger partial charge is 0.273 e. The molecule has 6 heteroatoms. The van der Waals surface area contributed by atoms with Crippen molar-refractivity contribution < 1.29 is 13.6 Å². The number of hydrogen-bond acceptors (Lipinski definition) is 4. The largest absolute Gasteiger partial charge is 0.463 e. The van der Waals surface area contributed by atoms with Crippen LogP contribution in [0, 0.1) is 11.7 Å². The van der Waals surface area contributed by atoms with Crippen molar-refractivity contribution in [3.8, 4) is 0 Å². The van der Waals surface area contributed by atoms with Crippen LogP contribution in [-0.4, -0.2) is 40.5 Å². The van der Waals surface area contributed by atoms with Gasteiger partial charge in [0.2, 0.25) is 0 Å². The number of amides is 1. The molecular formula is C17H18FN3O2.